The number of fused-ring (bicyclic) bond motifs is 2. The Labute approximate surface area is 181 Å². The third-order valence-electron chi connectivity index (χ3n) is 5.06. The number of nitrogens with one attached hydrogen (secondary N) is 1. The second-order valence-electron chi connectivity index (χ2n) is 8.52. The molecule has 0 saturated heterocycles. The highest BCUT2D eigenvalue weighted by Crippen LogP contribution is 2.52. The highest BCUT2D eigenvalue weighted by molar-refractivity contribution is 6.16. The maximum Gasteiger partial charge on any atom is 0.339 e. The summed E-state index contributed by atoms with van der Waals surface area (Å²) in [6.45, 7) is 8.75. The molecule has 31 heavy (non-hydrogen) atoms. The molecule has 1 aromatic rings. The molecular formula is C23H28N2O6. The first-order valence-corrected chi connectivity index (χ1v) is 10.2. The van der Waals surface area contributed by atoms with Crippen molar-refractivity contribution in [1.82, 2.24) is 0 Å². The molecule has 1 atom stereocenters. The number of ether oxygens (including phenoxy) is 3. The van der Waals surface area contributed by atoms with Crippen LogP contribution in [-0.2, 0) is 34.0 Å². The first kappa shape index (κ1) is 22.4. The molecule has 8 heteroatoms. The molecule has 0 unspecified atom stereocenters. The number of nitrogens with two attached hydrogens (primary N) is 1. The second-order valence-corrected chi connectivity index (χ2v) is 8.52. The van der Waals surface area contributed by atoms with Crippen LogP contribution in [0.25, 0.3) is 0 Å². The van der Waals surface area contributed by atoms with Gasteiger partial charge in [-0.15, -0.1) is 0 Å². The number of benzene rings is 1. The van der Waals surface area contributed by atoms with Gasteiger partial charge in [0.2, 0.25) is 0 Å². The summed E-state index contributed by atoms with van der Waals surface area (Å²) in [5.74, 6) is -2.37. The van der Waals surface area contributed by atoms with Gasteiger partial charge in [-0.05, 0) is 40.2 Å². The monoisotopic (exact) mass is 428 g/mol. The fourth-order valence-electron chi connectivity index (χ4n) is 3.84. The number of allylic oxidation sites excluding steroid dienone is 1. The molecule has 1 aromatic carbocycles. The topological polar surface area (TPSA) is 117 Å². The summed E-state index contributed by atoms with van der Waals surface area (Å²) in [5.41, 5.74) is 4.12. The maximum absolute atomic E-state index is 13.4. The van der Waals surface area contributed by atoms with Crippen LogP contribution in [0.1, 0.15) is 53.0 Å². The number of rotatable bonds is 5. The average molecular weight is 428 g/mol. The molecule has 0 radical (unpaired) electrons. The first-order chi connectivity index (χ1) is 14.5. The summed E-state index contributed by atoms with van der Waals surface area (Å²) in [6, 6.07) is 6.81. The quantitative estimate of drug-likeness (QED) is 0.418. The fraction of sp³-hybridized carbons (Fsp3) is 0.435. The predicted octanol–water partition coefficient (Wildman–Crippen LogP) is 3.04. The van der Waals surface area contributed by atoms with Gasteiger partial charge in [0.1, 0.15) is 28.3 Å². The molecular weight excluding hydrogens is 400 g/mol. The fourth-order valence-corrected chi connectivity index (χ4v) is 3.84. The standard InChI is InChI=1S/C23H28N2O6/c1-6-7-12-29-19(26)17-18(24)25-15-11-9-8-10-14(15)23(17)16(13(2)30-21(23)28)20(27)31-22(3,4)5/h8-11,25H,6-7,12,24H2,1-5H3/t23-/m0/s1. The minimum absolute atomic E-state index is 0.0580. The molecule has 0 bridgehead atoms. The number of unbranched alkanes of at least 4 members (excludes halogenated alkanes) is 1. The van der Waals surface area contributed by atoms with Crippen LogP contribution in [0.5, 0.6) is 0 Å². The molecule has 8 nitrogen and oxygen atoms in total. The lowest BCUT2D eigenvalue weighted by atomic mass is 9.67. The van der Waals surface area contributed by atoms with Gasteiger partial charge in [-0.3, -0.25) is 0 Å². The Kier molecular flexibility index (Phi) is 5.85. The van der Waals surface area contributed by atoms with Crippen molar-refractivity contribution in [3.05, 3.63) is 52.6 Å². The number of hydrogen-bond acceptors (Lipinski definition) is 8. The number of hydrogen-bond donors (Lipinski definition) is 2. The van der Waals surface area contributed by atoms with Gasteiger partial charge in [0.25, 0.3) is 0 Å². The minimum Gasteiger partial charge on any atom is -0.462 e. The summed E-state index contributed by atoms with van der Waals surface area (Å²) in [5, 5.41) is 2.95. The first-order valence-electron chi connectivity index (χ1n) is 10.2. The number of carbonyl (C=O) groups is 3. The van der Waals surface area contributed by atoms with Gasteiger partial charge >= 0.3 is 17.9 Å². The molecule has 3 N–H and O–H groups in total. The van der Waals surface area contributed by atoms with Crippen LogP contribution < -0.4 is 11.1 Å². The van der Waals surface area contributed by atoms with Gasteiger partial charge in [-0.1, -0.05) is 31.5 Å². The molecule has 0 aliphatic carbocycles. The van der Waals surface area contributed by atoms with Crippen molar-refractivity contribution in [3.8, 4) is 0 Å². The van der Waals surface area contributed by atoms with E-state index in [-0.39, 0.29) is 29.3 Å². The third kappa shape index (κ3) is 3.78. The number of esters is 3. The average Bonchev–Trinajstić information content (AvgIpc) is 2.91. The van der Waals surface area contributed by atoms with E-state index in [1.807, 2.05) is 6.92 Å². The summed E-state index contributed by atoms with van der Waals surface area (Å²) in [6.07, 6.45) is 1.46. The van der Waals surface area contributed by atoms with E-state index in [1.165, 1.54) is 6.92 Å². The normalized spacial score (nSPS) is 20.4. The summed E-state index contributed by atoms with van der Waals surface area (Å²) >= 11 is 0. The minimum atomic E-state index is -1.89. The smallest absolute Gasteiger partial charge is 0.339 e. The van der Waals surface area contributed by atoms with Crippen molar-refractivity contribution in [2.24, 2.45) is 5.73 Å². The van der Waals surface area contributed by atoms with Gasteiger partial charge in [-0.2, -0.15) is 0 Å². The number of cyclic esters (lactones) is 1. The molecule has 166 valence electrons. The number of anilines is 1. The van der Waals surface area contributed by atoms with Crippen molar-refractivity contribution in [2.75, 3.05) is 11.9 Å². The van der Waals surface area contributed by atoms with Gasteiger partial charge in [0.05, 0.1) is 6.61 Å². The Hall–Kier alpha value is -3.29. The lowest BCUT2D eigenvalue weighted by Crippen LogP contribution is -2.48. The van der Waals surface area contributed by atoms with E-state index in [2.05, 4.69) is 5.32 Å². The number of para-hydroxylation sites is 1. The molecule has 0 aromatic heterocycles. The summed E-state index contributed by atoms with van der Waals surface area (Å²) in [4.78, 5) is 39.9. The summed E-state index contributed by atoms with van der Waals surface area (Å²) < 4.78 is 16.4. The van der Waals surface area contributed by atoms with E-state index in [9.17, 15) is 14.4 Å². The van der Waals surface area contributed by atoms with E-state index < -0.39 is 28.9 Å². The molecule has 2 aliphatic heterocycles. The molecule has 0 fully saturated rings. The van der Waals surface area contributed by atoms with Crippen LogP contribution in [0.3, 0.4) is 0 Å². The highest BCUT2D eigenvalue weighted by Gasteiger charge is 2.63. The molecule has 0 amide bonds. The third-order valence-corrected chi connectivity index (χ3v) is 5.06. The van der Waals surface area contributed by atoms with Crippen LogP contribution in [0, 0.1) is 0 Å². The van der Waals surface area contributed by atoms with E-state index in [0.29, 0.717) is 17.7 Å². The number of carbonyl (C=O) groups excluding carboxylic acids is 3. The lowest BCUT2D eigenvalue weighted by Gasteiger charge is -2.36. The maximum atomic E-state index is 13.4. The van der Waals surface area contributed by atoms with Gasteiger partial charge in [-0.25, -0.2) is 14.4 Å². The van der Waals surface area contributed by atoms with Crippen LogP contribution in [0.4, 0.5) is 5.69 Å². The van der Waals surface area contributed by atoms with Crippen LogP contribution in [-0.4, -0.2) is 30.1 Å². The van der Waals surface area contributed by atoms with Crippen molar-refractivity contribution >= 4 is 23.6 Å². The van der Waals surface area contributed by atoms with E-state index in [1.54, 1.807) is 45.0 Å². The highest BCUT2D eigenvalue weighted by atomic mass is 16.6. The van der Waals surface area contributed by atoms with Crippen LogP contribution in [0.15, 0.2) is 47.0 Å². The summed E-state index contributed by atoms with van der Waals surface area (Å²) in [7, 11) is 0. The SMILES string of the molecule is CCCCOC(=O)C1=C(N)Nc2ccccc2[C@@]12C(=O)OC(C)=C2C(=O)OC(C)(C)C. The zero-order chi connectivity index (χ0) is 23.0. The van der Waals surface area contributed by atoms with E-state index in [4.69, 9.17) is 19.9 Å². The zero-order valence-corrected chi connectivity index (χ0v) is 18.5. The zero-order valence-electron chi connectivity index (χ0n) is 18.5. The Morgan fingerprint density at radius 3 is 2.48 bits per heavy atom. The van der Waals surface area contributed by atoms with Crippen molar-refractivity contribution in [1.29, 1.82) is 0 Å². The van der Waals surface area contributed by atoms with Gasteiger partial charge in [0, 0.05) is 11.3 Å². The molecule has 2 aliphatic rings. The lowest BCUT2D eigenvalue weighted by molar-refractivity contribution is -0.152. The predicted molar refractivity (Wildman–Crippen MR) is 113 cm³/mol. The van der Waals surface area contributed by atoms with Gasteiger partial charge < -0.3 is 25.3 Å². The second kappa shape index (κ2) is 8.09. The molecule has 3 rings (SSSR count). The molecule has 2 heterocycles. The van der Waals surface area contributed by atoms with E-state index >= 15 is 0 Å². The van der Waals surface area contributed by atoms with E-state index in [0.717, 1.165) is 6.42 Å². The van der Waals surface area contributed by atoms with Crippen molar-refractivity contribution < 1.29 is 28.6 Å². The Bertz CT molecular complexity index is 1000. The van der Waals surface area contributed by atoms with Crippen molar-refractivity contribution in [3.63, 3.8) is 0 Å². The van der Waals surface area contributed by atoms with Crippen LogP contribution >= 0.6 is 0 Å². The van der Waals surface area contributed by atoms with Crippen molar-refractivity contribution in [2.45, 2.75) is 58.5 Å². The largest absolute Gasteiger partial charge is 0.462 e. The Morgan fingerprint density at radius 1 is 1.16 bits per heavy atom. The Morgan fingerprint density at radius 2 is 1.84 bits per heavy atom. The molecule has 1 spiro atoms. The Balaban J connectivity index is 2.26. The van der Waals surface area contributed by atoms with Crippen LogP contribution in [0.2, 0.25) is 0 Å². The molecule has 0 saturated carbocycles. The van der Waals surface area contributed by atoms with Gasteiger partial charge in [0.15, 0.2) is 5.41 Å².